The number of rotatable bonds is 7. The summed E-state index contributed by atoms with van der Waals surface area (Å²) in [6.07, 6.45) is 1.82. The molecule has 8 heteroatoms. The number of pyridine rings is 1. The molecule has 5 aromatic rings. The van der Waals surface area contributed by atoms with Crippen molar-refractivity contribution in [2.24, 2.45) is 0 Å². The average Bonchev–Trinajstić information content (AvgIpc) is 3.48. The van der Waals surface area contributed by atoms with Gasteiger partial charge in [0.05, 0.1) is 23.5 Å². The maximum atomic E-state index is 12.0. The lowest BCUT2D eigenvalue weighted by Gasteiger charge is -2.28. The van der Waals surface area contributed by atoms with Crippen molar-refractivity contribution >= 4 is 45.4 Å². The zero-order chi connectivity index (χ0) is 28.5. The van der Waals surface area contributed by atoms with Crippen molar-refractivity contribution in [3.8, 4) is 5.69 Å². The lowest BCUT2D eigenvalue weighted by atomic mass is 9.96. The Bertz CT molecular complexity index is 1730. The maximum absolute atomic E-state index is 12.0. The van der Waals surface area contributed by atoms with Gasteiger partial charge in [-0.15, -0.1) is 0 Å². The molecule has 6 rings (SSSR count). The Balaban J connectivity index is 1.46. The van der Waals surface area contributed by atoms with E-state index in [1.165, 1.54) is 17.9 Å². The van der Waals surface area contributed by atoms with E-state index in [1.54, 1.807) is 0 Å². The van der Waals surface area contributed by atoms with E-state index < -0.39 is 0 Å². The van der Waals surface area contributed by atoms with Gasteiger partial charge >= 0.3 is 0 Å². The van der Waals surface area contributed by atoms with Crippen LogP contribution in [0.25, 0.3) is 16.5 Å². The number of benzene rings is 3. The number of nitrogens with one attached hydrogen (secondary N) is 2. The van der Waals surface area contributed by atoms with Crippen LogP contribution in [-0.4, -0.2) is 34.3 Å². The third-order valence-electron chi connectivity index (χ3n) is 7.60. The molecular formula is C33H31N5O2S. The first-order chi connectivity index (χ1) is 20.0. The minimum atomic E-state index is -0.201. The van der Waals surface area contributed by atoms with Crippen LogP contribution >= 0.6 is 12.2 Å². The molecule has 41 heavy (non-hydrogen) atoms. The van der Waals surface area contributed by atoms with Crippen molar-refractivity contribution in [3.63, 3.8) is 0 Å². The second kappa shape index (κ2) is 11.2. The summed E-state index contributed by atoms with van der Waals surface area (Å²) in [5.74, 6) is -0.201. The summed E-state index contributed by atoms with van der Waals surface area (Å²) < 4.78 is 7.27. The van der Waals surface area contributed by atoms with Crippen molar-refractivity contribution in [2.45, 2.75) is 25.9 Å². The lowest BCUT2D eigenvalue weighted by molar-refractivity contribution is -0.119. The quantitative estimate of drug-likeness (QED) is 0.224. The highest BCUT2D eigenvalue weighted by Gasteiger charge is 2.42. The molecule has 0 saturated carbocycles. The van der Waals surface area contributed by atoms with E-state index in [1.807, 2.05) is 48.7 Å². The maximum Gasteiger partial charge on any atom is 0.250 e. The van der Waals surface area contributed by atoms with E-state index in [-0.39, 0.29) is 24.6 Å². The number of ether oxygens (including phenoxy) is 1. The van der Waals surface area contributed by atoms with E-state index in [0.29, 0.717) is 10.8 Å². The van der Waals surface area contributed by atoms with Crippen molar-refractivity contribution in [1.82, 2.24) is 14.9 Å². The normalized spacial score (nSPS) is 16.7. The van der Waals surface area contributed by atoms with Crippen LogP contribution in [0.4, 0.5) is 11.4 Å². The van der Waals surface area contributed by atoms with Crippen molar-refractivity contribution in [3.05, 3.63) is 120 Å². The third-order valence-corrected chi connectivity index (χ3v) is 7.91. The Morgan fingerprint density at radius 1 is 1.00 bits per heavy atom. The number of methoxy groups -OCH3 is 1. The SMILES string of the molecule is COCC(=O)Nc1ccc(N2C(=S)N[C@H](c3ccccn3)[C@@H]2c2cc(C)n(-c3cccc4ccccc34)c2C)cc1. The van der Waals surface area contributed by atoms with Crippen LogP contribution in [0.15, 0.2) is 97.2 Å². The number of nitrogens with zero attached hydrogens (tertiary/aromatic N) is 3. The summed E-state index contributed by atoms with van der Waals surface area (Å²) in [5, 5.41) is 9.44. The number of anilines is 2. The molecule has 0 aliphatic carbocycles. The fourth-order valence-electron chi connectivity index (χ4n) is 5.84. The number of aromatic nitrogens is 2. The van der Waals surface area contributed by atoms with Gasteiger partial charge in [0.25, 0.3) is 0 Å². The van der Waals surface area contributed by atoms with Crippen LogP contribution in [-0.2, 0) is 9.53 Å². The minimum absolute atomic E-state index is 0.00201. The van der Waals surface area contributed by atoms with Crippen molar-refractivity contribution in [2.75, 3.05) is 23.9 Å². The molecule has 2 N–H and O–H groups in total. The molecule has 0 spiro atoms. The first-order valence-corrected chi connectivity index (χ1v) is 13.9. The standard InChI is InChI=1S/C33H31N5O2S/c1-21-19-27(22(2)37(21)29-13-8-10-23-9-4-5-11-26(23)29)32-31(28-12-6-7-18-34-28)36-33(41)38(32)25-16-14-24(15-17-25)35-30(39)20-40-3/h4-19,31-32H,20H2,1-3H3,(H,35,39)(H,36,41)/t31-,32+/m1/s1. The van der Waals surface area contributed by atoms with Gasteiger partial charge in [0.15, 0.2) is 5.11 Å². The predicted octanol–water partition coefficient (Wildman–Crippen LogP) is 6.40. The van der Waals surface area contributed by atoms with Gasteiger partial charge in [-0.1, -0.05) is 42.5 Å². The van der Waals surface area contributed by atoms with Gasteiger partial charge in [0, 0.05) is 41.5 Å². The van der Waals surface area contributed by atoms with Crippen LogP contribution in [0, 0.1) is 13.8 Å². The number of carbonyl (C=O) groups excluding carboxylic acids is 1. The molecule has 0 radical (unpaired) electrons. The summed E-state index contributed by atoms with van der Waals surface area (Å²) in [6.45, 7) is 4.33. The van der Waals surface area contributed by atoms with Crippen LogP contribution in [0.1, 0.15) is 34.7 Å². The fourth-order valence-corrected chi connectivity index (χ4v) is 6.19. The molecule has 206 valence electrons. The smallest absolute Gasteiger partial charge is 0.250 e. The zero-order valence-corrected chi connectivity index (χ0v) is 24.0. The van der Waals surface area contributed by atoms with E-state index in [2.05, 4.69) is 82.5 Å². The van der Waals surface area contributed by atoms with Crippen molar-refractivity contribution < 1.29 is 9.53 Å². The number of hydrogen-bond donors (Lipinski definition) is 2. The number of aryl methyl sites for hydroxylation is 1. The monoisotopic (exact) mass is 561 g/mol. The lowest BCUT2D eigenvalue weighted by Crippen LogP contribution is -2.29. The molecule has 1 amide bonds. The Morgan fingerprint density at radius 2 is 1.76 bits per heavy atom. The number of carbonyl (C=O) groups is 1. The number of amides is 1. The van der Waals surface area contributed by atoms with Crippen molar-refractivity contribution in [1.29, 1.82) is 0 Å². The zero-order valence-electron chi connectivity index (χ0n) is 23.2. The average molecular weight is 562 g/mol. The number of hydrogen-bond acceptors (Lipinski definition) is 4. The molecule has 3 aromatic carbocycles. The van der Waals surface area contributed by atoms with Gasteiger partial charge in [-0.05, 0) is 85.5 Å². The molecule has 1 saturated heterocycles. The number of thiocarbonyl (C=S) groups is 1. The molecule has 2 aromatic heterocycles. The van der Waals surface area contributed by atoms with Gasteiger partial charge < -0.3 is 24.8 Å². The summed E-state index contributed by atoms with van der Waals surface area (Å²) in [7, 11) is 1.50. The topological polar surface area (TPSA) is 71.4 Å². The molecular weight excluding hydrogens is 530 g/mol. The van der Waals surface area contributed by atoms with Crippen LogP contribution in [0.2, 0.25) is 0 Å². The predicted molar refractivity (Wildman–Crippen MR) is 168 cm³/mol. The third kappa shape index (κ3) is 4.96. The van der Waals surface area contributed by atoms with E-state index in [9.17, 15) is 4.79 Å². The highest BCUT2D eigenvalue weighted by molar-refractivity contribution is 7.80. The van der Waals surface area contributed by atoms with Gasteiger partial charge in [-0.25, -0.2) is 0 Å². The molecule has 7 nitrogen and oxygen atoms in total. The van der Waals surface area contributed by atoms with Gasteiger partial charge in [0.1, 0.15) is 6.61 Å². The minimum Gasteiger partial charge on any atom is -0.375 e. The first kappa shape index (κ1) is 26.7. The van der Waals surface area contributed by atoms with Crippen LogP contribution in [0.3, 0.4) is 0 Å². The second-order valence-electron chi connectivity index (χ2n) is 10.2. The van der Waals surface area contributed by atoms with E-state index >= 15 is 0 Å². The summed E-state index contributed by atoms with van der Waals surface area (Å²) >= 11 is 5.95. The Labute approximate surface area is 244 Å². The first-order valence-electron chi connectivity index (χ1n) is 13.5. The largest absolute Gasteiger partial charge is 0.375 e. The van der Waals surface area contributed by atoms with Crippen LogP contribution in [0.5, 0.6) is 0 Å². The molecule has 1 aliphatic rings. The molecule has 0 bridgehead atoms. The summed E-state index contributed by atoms with van der Waals surface area (Å²) in [4.78, 5) is 18.9. The van der Waals surface area contributed by atoms with E-state index in [0.717, 1.165) is 34.0 Å². The van der Waals surface area contributed by atoms with Gasteiger partial charge in [-0.2, -0.15) is 0 Å². The van der Waals surface area contributed by atoms with Crippen LogP contribution < -0.4 is 15.5 Å². The molecule has 0 unspecified atom stereocenters. The molecule has 1 aliphatic heterocycles. The van der Waals surface area contributed by atoms with Gasteiger partial charge in [0.2, 0.25) is 5.91 Å². The highest BCUT2D eigenvalue weighted by Crippen LogP contribution is 2.44. The Morgan fingerprint density at radius 3 is 2.51 bits per heavy atom. The Hall–Kier alpha value is -4.53. The fraction of sp³-hybridized carbons (Fsp3) is 0.182. The summed E-state index contributed by atoms with van der Waals surface area (Å²) in [6, 6.07) is 30.5. The molecule has 3 heterocycles. The van der Waals surface area contributed by atoms with Gasteiger partial charge in [-0.3, -0.25) is 9.78 Å². The van der Waals surface area contributed by atoms with E-state index in [4.69, 9.17) is 21.9 Å². The highest BCUT2D eigenvalue weighted by atomic mass is 32.1. The second-order valence-corrected chi connectivity index (χ2v) is 10.6. The summed E-state index contributed by atoms with van der Waals surface area (Å²) in [5.41, 5.74) is 7.13. The molecule has 1 fully saturated rings. The Kier molecular flexibility index (Phi) is 7.26. The molecule has 2 atom stereocenters. The number of fused-ring (bicyclic) bond motifs is 1.